The van der Waals surface area contributed by atoms with Crippen molar-refractivity contribution in [2.24, 2.45) is 0 Å². The zero-order valence-corrected chi connectivity index (χ0v) is 13.2. The fraction of sp³-hybridized carbons (Fsp3) is 0.375. The number of carbonyl (C=O) groups is 2. The SMILES string of the molecule is CCOCCOC(=O)Cn1nnc(C(C)=O)c1-c1ccccc1. The molecule has 0 aliphatic carbocycles. The summed E-state index contributed by atoms with van der Waals surface area (Å²) in [6.45, 7) is 4.27. The van der Waals surface area contributed by atoms with E-state index in [2.05, 4.69) is 10.3 Å². The molecule has 0 unspecified atom stereocenters. The van der Waals surface area contributed by atoms with Crippen molar-refractivity contribution in [3.05, 3.63) is 36.0 Å². The summed E-state index contributed by atoms with van der Waals surface area (Å²) >= 11 is 0. The van der Waals surface area contributed by atoms with Crippen LogP contribution in [0.15, 0.2) is 30.3 Å². The lowest BCUT2D eigenvalue weighted by Crippen LogP contribution is -2.18. The third-order valence-corrected chi connectivity index (χ3v) is 3.09. The molecule has 0 spiro atoms. The van der Waals surface area contributed by atoms with Gasteiger partial charge in [0.15, 0.2) is 11.5 Å². The Morgan fingerprint density at radius 1 is 1.17 bits per heavy atom. The smallest absolute Gasteiger partial charge is 0.327 e. The molecule has 0 aliphatic heterocycles. The summed E-state index contributed by atoms with van der Waals surface area (Å²) in [6, 6.07) is 9.23. The molecule has 2 aromatic rings. The van der Waals surface area contributed by atoms with E-state index in [0.717, 1.165) is 5.56 Å². The second-order valence-corrected chi connectivity index (χ2v) is 4.78. The first-order chi connectivity index (χ1) is 11.1. The van der Waals surface area contributed by atoms with Crippen LogP contribution >= 0.6 is 0 Å². The number of ether oxygens (including phenoxy) is 2. The highest BCUT2D eigenvalue weighted by molar-refractivity contribution is 5.98. The highest BCUT2D eigenvalue weighted by Gasteiger charge is 2.20. The fourth-order valence-corrected chi connectivity index (χ4v) is 2.07. The van der Waals surface area contributed by atoms with Crippen molar-refractivity contribution >= 4 is 11.8 Å². The zero-order chi connectivity index (χ0) is 16.7. The Bertz CT molecular complexity index is 667. The Balaban J connectivity index is 2.16. The van der Waals surface area contributed by atoms with E-state index in [9.17, 15) is 9.59 Å². The first-order valence-corrected chi connectivity index (χ1v) is 7.36. The monoisotopic (exact) mass is 317 g/mol. The molecule has 2 rings (SSSR count). The van der Waals surface area contributed by atoms with Gasteiger partial charge in [0.05, 0.1) is 6.61 Å². The quantitative estimate of drug-likeness (QED) is 0.419. The molecule has 0 saturated carbocycles. The molecule has 1 aromatic heterocycles. The number of esters is 1. The van der Waals surface area contributed by atoms with E-state index in [1.165, 1.54) is 11.6 Å². The van der Waals surface area contributed by atoms with Crippen molar-refractivity contribution in [2.75, 3.05) is 19.8 Å². The number of hydrogen-bond donors (Lipinski definition) is 0. The van der Waals surface area contributed by atoms with Crippen LogP contribution in [-0.4, -0.2) is 46.6 Å². The third-order valence-electron chi connectivity index (χ3n) is 3.09. The molecule has 1 heterocycles. The molecular formula is C16H19N3O4. The topological polar surface area (TPSA) is 83.3 Å². The molecule has 0 bridgehead atoms. The van der Waals surface area contributed by atoms with E-state index < -0.39 is 5.97 Å². The van der Waals surface area contributed by atoms with Crippen LogP contribution < -0.4 is 0 Å². The van der Waals surface area contributed by atoms with Crippen LogP contribution in [0.3, 0.4) is 0 Å². The average Bonchev–Trinajstić information content (AvgIpc) is 2.96. The lowest BCUT2D eigenvalue weighted by molar-refractivity contribution is -0.146. The molecule has 0 amide bonds. The summed E-state index contributed by atoms with van der Waals surface area (Å²) in [4.78, 5) is 23.6. The van der Waals surface area contributed by atoms with Crippen LogP contribution in [0.25, 0.3) is 11.3 Å². The number of rotatable bonds is 8. The number of nitrogens with zero attached hydrogens (tertiary/aromatic N) is 3. The van der Waals surface area contributed by atoms with Gasteiger partial charge >= 0.3 is 5.97 Å². The van der Waals surface area contributed by atoms with Crippen LogP contribution in [0.5, 0.6) is 0 Å². The Hall–Kier alpha value is -2.54. The van der Waals surface area contributed by atoms with Crippen LogP contribution in [0.1, 0.15) is 24.3 Å². The Labute approximate surface area is 134 Å². The Morgan fingerprint density at radius 3 is 2.57 bits per heavy atom. The number of carbonyl (C=O) groups excluding carboxylic acids is 2. The Morgan fingerprint density at radius 2 is 1.91 bits per heavy atom. The van der Waals surface area contributed by atoms with Crippen molar-refractivity contribution < 1.29 is 19.1 Å². The van der Waals surface area contributed by atoms with E-state index in [1.807, 2.05) is 37.3 Å². The number of ketones is 1. The van der Waals surface area contributed by atoms with Crippen LogP contribution in [-0.2, 0) is 20.8 Å². The highest BCUT2D eigenvalue weighted by Crippen LogP contribution is 2.22. The van der Waals surface area contributed by atoms with Crippen molar-refractivity contribution in [3.63, 3.8) is 0 Å². The van der Waals surface area contributed by atoms with Gasteiger partial charge in [0, 0.05) is 19.1 Å². The Kier molecular flexibility index (Phi) is 5.99. The molecule has 0 aliphatic rings. The van der Waals surface area contributed by atoms with Gasteiger partial charge in [0.2, 0.25) is 0 Å². The summed E-state index contributed by atoms with van der Waals surface area (Å²) in [5.41, 5.74) is 1.52. The van der Waals surface area contributed by atoms with Crippen molar-refractivity contribution in [1.29, 1.82) is 0 Å². The maximum atomic E-state index is 11.9. The summed E-state index contributed by atoms with van der Waals surface area (Å²) < 4.78 is 11.6. The van der Waals surface area contributed by atoms with Gasteiger partial charge in [0.25, 0.3) is 0 Å². The van der Waals surface area contributed by atoms with Gasteiger partial charge in [-0.2, -0.15) is 0 Å². The molecular weight excluding hydrogens is 298 g/mol. The minimum absolute atomic E-state index is 0.114. The van der Waals surface area contributed by atoms with Gasteiger partial charge in [-0.05, 0) is 6.92 Å². The predicted octanol–water partition coefficient (Wildman–Crippen LogP) is 1.73. The third kappa shape index (κ3) is 4.46. The van der Waals surface area contributed by atoms with Crippen LogP contribution in [0.4, 0.5) is 0 Å². The van der Waals surface area contributed by atoms with Crippen molar-refractivity contribution in [2.45, 2.75) is 20.4 Å². The molecule has 7 nitrogen and oxygen atoms in total. The van der Waals surface area contributed by atoms with E-state index in [1.54, 1.807) is 0 Å². The summed E-state index contributed by atoms with van der Waals surface area (Å²) in [7, 11) is 0. The van der Waals surface area contributed by atoms with E-state index in [4.69, 9.17) is 9.47 Å². The lowest BCUT2D eigenvalue weighted by Gasteiger charge is -2.08. The highest BCUT2D eigenvalue weighted by atomic mass is 16.6. The molecule has 122 valence electrons. The zero-order valence-electron chi connectivity index (χ0n) is 13.2. The van der Waals surface area contributed by atoms with Crippen LogP contribution in [0, 0.1) is 0 Å². The summed E-state index contributed by atoms with van der Waals surface area (Å²) in [5.74, 6) is -0.665. The van der Waals surface area contributed by atoms with Gasteiger partial charge in [-0.25, -0.2) is 4.68 Å². The molecule has 0 fully saturated rings. The van der Waals surface area contributed by atoms with E-state index in [0.29, 0.717) is 18.9 Å². The fourth-order valence-electron chi connectivity index (χ4n) is 2.07. The van der Waals surface area contributed by atoms with Gasteiger partial charge in [-0.3, -0.25) is 9.59 Å². The number of hydrogen-bond acceptors (Lipinski definition) is 6. The first kappa shape index (κ1) is 16.8. The standard InChI is InChI=1S/C16H19N3O4/c1-3-22-9-10-23-14(21)11-19-16(13-7-5-4-6-8-13)15(12(2)20)17-18-19/h4-8H,3,9-11H2,1-2H3. The minimum atomic E-state index is -0.457. The second-order valence-electron chi connectivity index (χ2n) is 4.78. The normalized spacial score (nSPS) is 10.5. The van der Waals surface area contributed by atoms with Crippen LogP contribution in [0.2, 0.25) is 0 Å². The summed E-state index contributed by atoms with van der Waals surface area (Å²) in [6.07, 6.45) is 0. The lowest BCUT2D eigenvalue weighted by atomic mass is 10.1. The molecule has 1 aromatic carbocycles. The number of benzene rings is 1. The van der Waals surface area contributed by atoms with Crippen molar-refractivity contribution in [1.82, 2.24) is 15.0 Å². The van der Waals surface area contributed by atoms with Gasteiger partial charge in [-0.15, -0.1) is 5.10 Å². The van der Waals surface area contributed by atoms with E-state index >= 15 is 0 Å². The van der Waals surface area contributed by atoms with E-state index in [-0.39, 0.29) is 24.6 Å². The van der Waals surface area contributed by atoms with Crippen molar-refractivity contribution in [3.8, 4) is 11.3 Å². The number of Topliss-reactive ketones (excluding diaryl/α,β-unsaturated/α-hetero) is 1. The first-order valence-electron chi connectivity index (χ1n) is 7.36. The molecule has 0 radical (unpaired) electrons. The largest absolute Gasteiger partial charge is 0.462 e. The van der Waals surface area contributed by atoms with Gasteiger partial charge in [-0.1, -0.05) is 35.5 Å². The molecule has 0 atom stereocenters. The van der Waals surface area contributed by atoms with Gasteiger partial charge in [0.1, 0.15) is 18.8 Å². The van der Waals surface area contributed by atoms with Gasteiger partial charge < -0.3 is 9.47 Å². The maximum absolute atomic E-state index is 11.9. The predicted molar refractivity (Wildman–Crippen MR) is 82.9 cm³/mol. The molecule has 0 saturated heterocycles. The average molecular weight is 317 g/mol. The molecule has 7 heteroatoms. The minimum Gasteiger partial charge on any atom is -0.462 e. The maximum Gasteiger partial charge on any atom is 0.327 e. The second kappa shape index (κ2) is 8.19. The molecule has 0 N–H and O–H groups in total. The molecule has 23 heavy (non-hydrogen) atoms. The number of aromatic nitrogens is 3. The summed E-state index contributed by atoms with van der Waals surface area (Å²) in [5, 5.41) is 7.80.